The Morgan fingerprint density at radius 3 is 2.86 bits per heavy atom. The molecule has 2 rings (SSSR count). The van der Waals surface area contributed by atoms with Gasteiger partial charge in [-0.1, -0.05) is 17.7 Å². The second-order valence-electron chi connectivity index (χ2n) is 5.91. The number of aliphatic hydroxyl groups excluding tert-OH is 1. The molecule has 1 aliphatic heterocycles. The van der Waals surface area contributed by atoms with Gasteiger partial charge in [0, 0.05) is 18.7 Å². The Hall–Kier alpha value is -0.980. The van der Waals surface area contributed by atoms with Crippen LogP contribution in [0.5, 0.6) is 0 Å². The monoisotopic (exact) mass is 315 g/mol. The third-order valence-electron chi connectivity index (χ3n) is 4.02. The number of halogens is 1. The summed E-state index contributed by atoms with van der Waals surface area (Å²) in [4.78, 5) is 0. The van der Waals surface area contributed by atoms with E-state index in [0.29, 0.717) is 25.1 Å². The van der Waals surface area contributed by atoms with Crippen molar-refractivity contribution in [3.63, 3.8) is 0 Å². The van der Waals surface area contributed by atoms with Crippen LogP contribution in [-0.2, 0) is 10.0 Å². The molecule has 0 saturated carbocycles. The number of benzene rings is 1. The van der Waals surface area contributed by atoms with Gasteiger partial charge in [-0.2, -0.15) is 0 Å². The highest BCUT2D eigenvalue weighted by Gasteiger charge is 2.28. The van der Waals surface area contributed by atoms with Crippen LogP contribution in [0.4, 0.5) is 4.39 Å². The molecular weight excluding hydrogens is 293 g/mol. The number of piperidine rings is 1. The molecule has 0 radical (unpaired) electrons. The summed E-state index contributed by atoms with van der Waals surface area (Å²) in [5, 5.41) is 10.3. The zero-order valence-electron chi connectivity index (χ0n) is 12.4. The maximum atomic E-state index is 13.8. The number of nitrogens with zero attached hydrogens (tertiary/aromatic N) is 1. The molecule has 1 aromatic rings. The van der Waals surface area contributed by atoms with Crippen molar-refractivity contribution < 1.29 is 17.9 Å². The highest BCUT2D eigenvalue weighted by molar-refractivity contribution is 7.88. The van der Waals surface area contributed by atoms with Gasteiger partial charge in [-0.25, -0.2) is 17.1 Å². The van der Waals surface area contributed by atoms with Crippen LogP contribution in [0.25, 0.3) is 0 Å². The van der Waals surface area contributed by atoms with Crippen LogP contribution in [-0.4, -0.2) is 37.2 Å². The first-order chi connectivity index (χ1) is 9.77. The van der Waals surface area contributed by atoms with E-state index in [1.54, 1.807) is 12.1 Å². The number of rotatable bonds is 4. The maximum Gasteiger partial charge on any atom is 0.211 e. The molecular formula is C15H22FNO3S. The van der Waals surface area contributed by atoms with Gasteiger partial charge in [0.2, 0.25) is 10.0 Å². The first kappa shape index (κ1) is 16.4. The summed E-state index contributed by atoms with van der Waals surface area (Å²) in [6.45, 7) is 2.79. The van der Waals surface area contributed by atoms with Crippen molar-refractivity contribution in [2.24, 2.45) is 5.92 Å². The Bertz CT molecular complexity index is 603. The molecule has 0 aromatic heterocycles. The minimum atomic E-state index is -3.20. The van der Waals surface area contributed by atoms with Crippen LogP contribution >= 0.6 is 0 Å². The van der Waals surface area contributed by atoms with E-state index in [1.807, 2.05) is 6.92 Å². The SMILES string of the molecule is Cc1ccc(F)c(C(O)CC2CCCN(S(C)(=O)=O)C2)c1. The largest absolute Gasteiger partial charge is 0.388 e. The molecule has 4 nitrogen and oxygen atoms in total. The van der Waals surface area contributed by atoms with Crippen molar-refractivity contribution in [3.05, 3.63) is 35.1 Å². The van der Waals surface area contributed by atoms with Gasteiger partial charge in [0.15, 0.2) is 0 Å². The first-order valence-electron chi connectivity index (χ1n) is 7.16. The molecule has 1 heterocycles. The van der Waals surface area contributed by atoms with Crippen molar-refractivity contribution in [3.8, 4) is 0 Å². The van der Waals surface area contributed by atoms with Crippen molar-refractivity contribution in [1.82, 2.24) is 4.31 Å². The fraction of sp³-hybridized carbons (Fsp3) is 0.600. The topological polar surface area (TPSA) is 57.6 Å². The van der Waals surface area contributed by atoms with Gasteiger partial charge >= 0.3 is 0 Å². The Labute approximate surface area is 125 Å². The minimum Gasteiger partial charge on any atom is -0.388 e. The van der Waals surface area contributed by atoms with Crippen LogP contribution in [0.1, 0.15) is 36.5 Å². The standard InChI is InChI=1S/C15H22FNO3S/c1-11-5-6-14(16)13(8-11)15(18)9-12-4-3-7-17(10-12)21(2,19)20/h5-6,8,12,15,18H,3-4,7,9-10H2,1-2H3. The van der Waals surface area contributed by atoms with E-state index in [-0.39, 0.29) is 5.92 Å². The summed E-state index contributed by atoms with van der Waals surface area (Å²) in [7, 11) is -3.20. The molecule has 2 atom stereocenters. The maximum absolute atomic E-state index is 13.8. The van der Waals surface area contributed by atoms with Gasteiger partial charge in [-0.05, 0) is 38.2 Å². The molecule has 1 aromatic carbocycles. The third-order valence-corrected chi connectivity index (χ3v) is 5.29. The molecule has 1 N–H and O–H groups in total. The lowest BCUT2D eigenvalue weighted by Gasteiger charge is -2.32. The zero-order chi connectivity index (χ0) is 15.6. The number of hydrogen-bond donors (Lipinski definition) is 1. The molecule has 118 valence electrons. The van der Waals surface area contributed by atoms with Crippen LogP contribution in [0, 0.1) is 18.7 Å². The van der Waals surface area contributed by atoms with Gasteiger partial charge in [0.05, 0.1) is 12.4 Å². The van der Waals surface area contributed by atoms with E-state index in [9.17, 15) is 17.9 Å². The summed E-state index contributed by atoms with van der Waals surface area (Å²) in [5.41, 5.74) is 1.19. The number of aliphatic hydroxyl groups is 1. The van der Waals surface area contributed by atoms with Crippen molar-refractivity contribution >= 4 is 10.0 Å². The lowest BCUT2D eigenvalue weighted by molar-refractivity contribution is 0.119. The van der Waals surface area contributed by atoms with Gasteiger partial charge in [-0.3, -0.25) is 0 Å². The van der Waals surface area contributed by atoms with Crippen molar-refractivity contribution in [2.45, 2.75) is 32.3 Å². The lowest BCUT2D eigenvalue weighted by Crippen LogP contribution is -2.39. The van der Waals surface area contributed by atoms with E-state index in [1.165, 1.54) is 16.6 Å². The molecule has 0 spiro atoms. The molecule has 1 aliphatic rings. The van der Waals surface area contributed by atoms with Crippen LogP contribution in [0.3, 0.4) is 0 Å². The lowest BCUT2D eigenvalue weighted by atomic mass is 9.90. The molecule has 21 heavy (non-hydrogen) atoms. The number of sulfonamides is 1. The van der Waals surface area contributed by atoms with Crippen molar-refractivity contribution in [1.29, 1.82) is 0 Å². The summed E-state index contributed by atoms with van der Waals surface area (Å²) in [6, 6.07) is 4.67. The summed E-state index contributed by atoms with van der Waals surface area (Å²) in [5.74, 6) is -0.354. The fourth-order valence-electron chi connectivity index (χ4n) is 2.88. The molecule has 0 amide bonds. The molecule has 2 unspecified atom stereocenters. The highest BCUT2D eigenvalue weighted by atomic mass is 32.2. The minimum absolute atomic E-state index is 0.0587. The normalized spacial score (nSPS) is 22.2. The van der Waals surface area contributed by atoms with Gasteiger partial charge in [0.25, 0.3) is 0 Å². The van der Waals surface area contributed by atoms with E-state index >= 15 is 0 Å². The highest BCUT2D eigenvalue weighted by Crippen LogP contribution is 2.29. The second-order valence-corrected chi connectivity index (χ2v) is 7.89. The number of hydrogen-bond acceptors (Lipinski definition) is 3. The second kappa shape index (κ2) is 6.42. The Morgan fingerprint density at radius 1 is 1.48 bits per heavy atom. The summed E-state index contributed by atoms with van der Waals surface area (Å²) in [6.07, 6.45) is 2.32. The van der Waals surface area contributed by atoms with Crippen LogP contribution in [0.15, 0.2) is 18.2 Å². The summed E-state index contributed by atoms with van der Waals surface area (Å²) < 4.78 is 38.4. The Balaban J connectivity index is 2.05. The molecule has 1 fully saturated rings. The van der Waals surface area contributed by atoms with Crippen LogP contribution in [0.2, 0.25) is 0 Å². The quantitative estimate of drug-likeness (QED) is 0.927. The van der Waals surface area contributed by atoms with Gasteiger partial charge in [-0.15, -0.1) is 0 Å². The zero-order valence-corrected chi connectivity index (χ0v) is 13.2. The van der Waals surface area contributed by atoms with Gasteiger partial charge < -0.3 is 5.11 Å². The molecule has 1 saturated heterocycles. The molecule has 6 heteroatoms. The number of aryl methyl sites for hydroxylation is 1. The fourth-order valence-corrected chi connectivity index (χ4v) is 3.82. The molecule has 0 bridgehead atoms. The van der Waals surface area contributed by atoms with E-state index in [2.05, 4.69) is 0 Å². The average molecular weight is 315 g/mol. The van der Waals surface area contributed by atoms with E-state index in [4.69, 9.17) is 0 Å². The van der Waals surface area contributed by atoms with E-state index < -0.39 is 21.9 Å². The smallest absolute Gasteiger partial charge is 0.211 e. The van der Waals surface area contributed by atoms with E-state index in [0.717, 1.165) is 18.4 Å². The Kier molecular flexibility index (Phi) is 5.01. The first-order valence-corrected chi connectivity index (χ1v) is 9.01. The predicted molar refractivity (Wildman–Crippen MR) is 79.9 cm³/mol. The van der Waals surface area contributed by atoms with Gasteiger partial charge in [0.1, 0.15) is 5.82 Å². The van der Waals surface area contributed by atoms with Crippen molar-refractivity contribution in [2.75, 3.05) is 19.3 Å². The Morgan fingerprint density at radius 2 is 2.19 bits per heavy atom. The third kappa shape index (κ3) is 4.25. The predicted octanol–water partition coefficient (Wildman–Crippen LogP) is 2.23. The van der Waals surface area contributed by atoms with Crippen LogP contribution < -0.4 is 0 Å². The average Bonchev–Trinajstić information content (AvgIpc) is 2.41. The summed E-state index contributed by atoms with van der Waals surface area (Å²) >= 11 is 0. The molecule has 0 aliphatic carbocycles.